The first-order valence-corrected chi connectivity index (χ1v) is 5.34. The van der Waals surface area contributed by atoms with Crippen LogP contribution in [-0.4, -0.2) is 28.8 Å². The van der Waals surface area contributed by atoms with Gasteiger partial charge in [-0.3, -0.25) is 9.48 Å². The molecule has 0 bridgehead atoms. The number of aromatic nitrogens is 2. The predicted molar refractivity (Wildman–Crippen MR) is 55.9 cm³/mol. The fraction of sp³-hybridized carbons (Fsp3) is 0.600. The van der Waals surface area contributed by atoms with Crippen molar-refractivity contribution >= 4 is 17.4 Å². The van der Waals surface area contributed by atoms with Crippen LogP contribution in [0.2, 0.25) is 5.02 Å². The van der Waals surface area contributed by atoms with Crippen LogP contribution < -0.4 is 0 Å². The van der Waals surface area contributed by atoms with Crippen LogP contribution in [0.3, 0.4) is 0 Å². The van der Waals surface area contributed by atoms with Crippen LogP contribution in [0.1, 0.15) is 12.1 Å². The molecule has 15 heavy (non-hydrogen) atoms. The van der Waals surface area contributed by atoms with Crippen molar-refractivity contribution < 1.29 is 9.53 Å². The molecule has 4 nitrogen and oxygen atoms in total. The summed E-state index contributed by atoms with van der Waals surface area (Å²) in [5.74, 6) is 0.211. The fourth-order valence-electron chi connectivity index (χ4n) is 1.65. The molecule has 0 aliphatic carbocycles. The highest BCUT2D eigenvalue weighted by Crippen LogP contribution is 2.17. The van der Waals surface area contributed by atoms with Gasteiger partial charge in [-0.25, -0.2) is 0 Å². The maximum atomic E-state index is 11.8. The average molecular weight is 229 g/mol. The largest absolute Gasteiger partial charge is 0.381 e. The van der Waals surface area contributed by atoms with Crippen LogP contribution in [0.15, 0.2) is 6.20 Å². The smallest absolute Gasteiger partial charge is 0.159 e. The summed E-state index contributed by atoms with van der Waals surface area (Å²) >= 11 is 5.85. The molecule has 1 aromatic heterocycles. The summed E-state index contributed by atoms with van der Waals surface area (Å²) in [5, 5.41) is 4.65. The SMILES string of the molecule is Cc1c(Cl)cnn1CC(=O)C1CCOC1. The monoisotopic (exact) mass is 228 g/mol. The van der Waals surface area contributed by atoms with Gasteiger partial charge in [0.25, 0.3) is 0 Å². The van der Waals surface area contributed by atoms with Crippen LogP contribution in [0, 0.1) is 12.8 Å². The van der Waals surface area contributed by atoms with E-state index in [-0.39, 0.29) is 11.7 Å². The van der Waals surface area contributed by atoms with E-state index in [0.29, 0.717) is 24.8 Å². The van der Waals surface area contributed by atoms with E-state index in [1.165, 1.54) is 0 Å². The maximum Gasteiger partial charge on any atom is 0.159 e. The third-order valence-electron chi connectivity index (χ3n) is 2.73. The summed E-state index contributed by atoms with van der Waals surface area (Å²) in [5.41, 5.74) is 0.837. The number of hydrogen-bond acceptors (Lipinski definition) is 3. The second-order valence-corrected chi connectivity index (χ2v) is 4.17. The van der Waals surface area contributed by atoms with Gasteiger partial charge in [-0.15, -0.1) is 0 Å². The topological polar surface area (TPSA) is 44.1 Å². The van der Waals surface area contributed by atoms with Crippen molar-refractivity contribution in [2.24, 2.45) is 5.92 Å². The Hall–Kier alpha value is -0.870. The van der Waals surface area contributed by atoms with Crippen LogP contribution in [0.25, 0.3) is 0 Å². The Balaban J connectivity index is 2.02. The molecule has 0 amide bonds. The van der Waals surface area contributed by atoms with E-state index in [4.69, 9.17) is 16.3 Å². The van der Waals surface area contributed by atoms with E-state index in [9.17, 15) is 4.79 Å². The second kappa shape index (κ2) is 4.33. The van der Waals surface area contributed by atoms with Crippen molar-refractivity contribution in [3.8, 4) is 0 Å². The molecular formula is C10H13ClN2O2. The molecule has 2 heterocycles. The molecule has 1 aliphatic rings. The molecule has 1 atom stereocenters. The minimum atomic E-state index is 0.0346. The molecule has 1 aromatic rings. The number of hydrogen-bond donors (Lipinski definition) is 0. The van der Waals surface area contributed by atoms with Crippen LogP contribution in [0.4, 0.5) is 0 Å². The predicted octanol–water partition coefficient (Wildman–Crippen LogP) is 1.45. The summed E-state index contributed by atoms with van der Waals surface area (Å²) in [6.07, 6.45) is 2.39. The summed E-state index contributed by atoms with van der Waals surface area (Å²) in [4.78, 5) is 11.8. The zero-order chi connectivity index (χ0) is 10.8. The first-order valence-electron chi connectivity index (χ1n) is 4.97. The quantitative estimate of drug-likeness (QED) is 0.787. The molecule has 0 aromatic carbocycles. The van der Waals surface area contributed by atoms with Gasteiger partial charge in [-0.05, 0) is 13.3 Å². The first-order chi connectivity index (χ1) is 7.18. The third kappa shape index (κ3) is 2.21. The summed E-state index contributed by atoms with van der Waals surface area (Å²) in [7, 11) is 0. The van der Waals surface area contributed by atoms with Crippen molar-refractivity contribution in [1.82, 2.24) is 9.78 Å². The normalized spacial score (nSPS) is 20.8. The molecule has 1 saturated heterocycles. The van der Waals surface area contributed by atoms with Crippen LogP contribution in [-0.2, 0) is 16.1 Å². The number of nitrogens with zero attached hydrogens (tertiary/aromatic N) is 2. The molecule has 0 radical (unpaired) electrons. The molecule has 2 rings (SSSR count). The molecule has 1 unspecified atom stereocenters. The second-order valence-electron chi connectivity index (χ2n) is 3.76. The van der Waals surface area contributed by atoms with Gasteiger partial charge in [0, 0.05) is 12.5 Å². The van der Waals surface area contributed by atoms with Crippen molar-refractivity contribution in [3.05, 3.63) is 16.9 Å². The van der Waals surface area contributed by atoms with E-state index in [0.717, 1.165) is 12.1 Å². The molecule has 82 valence electrons. The average Bonchev–Trinajstić information content (AvgIpc) is 2.83. The number of carbonyl (C=O) groups is 1. The van der Waals surface area contributed by atoms with Gasteiger partial charge in [0.2, 0.25) is 0 Å². The minimum Gasteiger partial charge on any atom is -0.381 e. The lowest BCUT2D eigenvalue weighted by atomic mass is 10.0. The number of ether oxygens (including phenoxy) is 1. The van der Waals surface area contributed by atoms with Gasteiger partial charge in [0.1, 0.15) is 6.54 Å². The van der Waals surface area contributed by atoms with Crippen molar-refractivity contribution in [1.29, 1.82) is 0 Å². The summed E-state index contributed by atoms with van der Waals surface area (Å²) in [6.45, 7) is 3.39. The number of Topliss-reactive ketones (excluding diaryl/α,β-unsaturated/α-hetero) is 1. The highest BCUT2D eigenvalue weighted by Gasteiger charge is 2.24. The minimum absolute atomic E-state index is 0.0346. The molecule has 5 heteroatoms. The van der Waals surface area contributed by atoms with Gasteiger partial charge in [-0.1, -0.05) is 11.6 Å². The van der Waals surface area contributed by atoms with Gasteiger partial charge in [0.15, 0.2) is 5.78 Å². The lowest BCUT2D eigenvalue weighted by Gasteiger charge is -2.07. The van der Waals surface area contributed by atoms with E-state index >= 15 is 0 Å². The number of carbonyl (C=O) groups excluding carboxylic acids is 1. The van der Waals surface area contributed by atoms with Crippen LogP contribution >= 0.6 is 11.6 Å². The number of rotatable bonds is 3. The summed E-state index contributed by atoms with van der Waals surface area (Å²) < 4.78 is 6.82. The van der Waals surface area contributed by atoms with E-state index < -0.39 is 0 Å². The Labute approximate surface area is 93.2 Å². The lowest BCUT2D eigenvalue weighted by Crippen LogP contribution is -2.21. The van der Waals surface area contributed by atoms with Gasteiger partial charge in [-0.2, -0.15) is 5.10 Å². The zero-order valence-electron chi connectivity index (χ0n) is 8.57. The van der Waals surface area contributed by atoms with Crippen molar-refractivity contribution in [3.63, 3.8) is 0 Å². The number of ketones is 1. The Morgan fingerprint density at radius 2 is 2.60 bits per heavy atom. The van der Waals surface area contributed by atoms with Crippen LogP contribution in [0.5, 0.6) is 0 Å². The third-order valence-corrected chi connectivity index (χ3v) is 3.10. The van der Waals surface area contributed by atoms with Crippen molar-refractivity contribution in [2.75, 3.05) is 13.2 Å². The molecule has 1 aliphatic heterocycles. The highest BCUT2D eigenvalue weighted by atomic mass is 35.5. The molecule has 0 spiro atoms. The molecule has 0 saturated carbocycles. The lowest BCUT2D eigenvalue weighted by molar-refractivity contribution is -0.123. The molecule has 1 fully saturated rings. The maximum absolute atomic E-state index is 11.8. The number of halogens is 1. The standard InChI is InChI=1S/C10H13ClN2O2/c1-7-9(11)4-12-13(7)5-10(14)8-2-3-15-6-8/h4,8H,2-3,5-6H2,1H3. The van der Waals surface area contributed by atoms with E-state index in [2.05, 4.69) is 5.10 Å². The summed E-state index contributed by atoms with van der Waals surface area (Å²) in [6, 6.07) is 0. The zero-order valence-corrected chi connectivity index (χ0v) is 9.33. The molecular weight excluding hydrogens is 216 g/mol. The molecule has 0 N–H and O–H groups in total. The highest BCUT2D eigenvalue weighted by molar-refractivity contribution is 6.31. The fourth-order valence-corrected chi connectivity index (χ4v) is 1.79. The van der Waals surface area contributed by atoms with Gasteiger partial charge in [0.05, 0.1) is 23.5 Å². The van der Waals surface area contributed by atoms with Gasteiger partial charge >= 0.3 is 0 Å². The van der Waals surface area contributed by atoms with E-state index in [1.54, 1.807) is 10.9 Å². The Morgan fingerprint density at radius 1 is 1.80 bits per heavy atom. The Kier molecular flexibility index (Phi) is 3.07. The Bertz CT molecular complexity index is 369. The first kappa shape index (κ1) is 10.6. The van der Waals surface area contributed by atoms with Crippen molar-refractivity contribution in [2.45, 2.75) is 19.9 Å². The van der Waals surface area contributed by atoms with E-state index in [1.807, 2.05) is 6.92 Å². The van der Waals surface area contributed by atoms with Gasteiger partial charge < -0.3 is 4.74 Å². The Morgan fingerprint density at radius 3 is 3.13 bits per heavy atom.